The standard InChI is InChI=1S/C25H22N4O4/c1-16(2)28-24(30)15-32-22-14-17(33-25-19-9-13-31-21(19)8-10-27-25)6-7-18(22)20-4-3-5-23-26-11-12-29(20)23/h3-14,16H,15H2,1-2H3,(H,28,30). The van der Waals surface area contributed by atoms with Crippen LogP contribution in [0.2, 0.25) is 0 Å². The minimum absolute atomic E-state index is 0.0245. The van der Waals surface area contributed by atoms with E-state index in [0.29, 0.717) is 23.0 Å². The van der Waals surface area contributed by atoms with Gasteiger partial charge in [0.2, 0.25) is 5.88 Å². The third-order valence-corrected chi connectivity index (χ3v) is 5.02. The van der Waals surface area contributed by atoms with E-state index < -0.39 is 0 Å². The van der Waals surface area contributed by atoms with Gasteiger partial charge in [-0.05, 0) is 50.2 Å². The smallest absolute Gasteiger partial charge is 0.258 e. The van der Waals surface area contributed by atoms with Crippen molar-refractivity contribution in [1.29, 1.82) is 0 Å². The molecule has 0 unspecified atom stereocenters. The number of carbonyl (C=O) groups is 1. The molecule has 8 nitrogen and oxygen atoms in total. The fourth-order valence-electron chi connectivity index (χ4n) is 3.63. The van der Waals surface area contributed by atoms with Crippen LogP contribution in [0.1, 0.15) is 13.8 Å². The SMILES string of the molecule is CC(C)NC(=O)COc1cc(Oc2nccc3occc23)ccc1-c1cccc2nccn12. The number of aromatic nitrogens is 3. The van der Waals surface area contributed by atoms with Crippen LogP contribution in [0.25, 0.3) is 27.9 Å². The first-order valence-corrected chi connectivity index (χ1v) is 10.6. The van der Waals surface area contributed by atoms with Crippen molar-refractivity contribution < 1.29 is 18.7 Å². The number of nitrogens with one attached hydrogen (secondary N) is 1. The fraction of sp³-hybridized carbons (Fsp3) is 0.160. The van der Waals surface area contributed by atoms with Crippen LogP contribution in [0, 0.1) is 0 Å². The molecular formula is C25H22N4O4. The Hall–Kier alpha value is -4.33. The van der Waals surface area contributed by atoms with E-state index in [2.05, 4.69) is 15.3 Å². The topological polar surface area (TPSA) is 90.9 Å². The third-order valence-electron chi connectivity index (χ3n) is 5.02. The van der Waals surface area contributed by atoms with Crippen molar-refractivity contribution in [2.24, 2.45) is 0 Å². The third kappa shape index (κ3) is 4.23. The fourth-order valence-corrected chi connectivity index (χ4v) is 3.63. The molecule has 5 aromatic rings. The average molecular weight is 442 g/mol. The van der Waals surface area contributed by atoms with Gasteiger partial charge in [-0.3, -0.25) is 9.20 Å². The largest absolute Gasteiger partial charge is 0.483 e. The molecule has 0 bridgehead atoms. The van der Waals surface area contributed by atoms with E-state index >= 15 is 0 Å². The highest BCUT2D eigenvalue weighted by molar-refractivity contribution is 5.82. The number of rotatable bonds is 7. The van der Waals surface area contributed by atoms with E-state index in [0.717, 1.165) is 22.3 Å². The number of amides is 1. The molecule has 166 valence electrons. The van der Waals surface area contributed by atoms with Crippen molar-refractivity contribution in [3.63, 3.8) is 0 Å². The molecule has 1 aromatic carbocycles. The van der Waals surface area contributed by atoms with Crippen molar-refractivity contribution in [2.75, 3.05) is 6.61 Å². The van der Waals surface area contributed by atoms with E-state index in [9.17, 15) is 4.79 Å². The van der Waals surface area contributed by atoms with Crippen molar-refractivity contribution >= 4 is 22.5 Å². The Bertz CT molecular complexity index is 1440. The molecule has 0 aliphatic rings. The number of furan rings is 1. The Morgan fingerprint density at radius 2 is 2.03 bits per heavy atom. The number of carbonyl (C=O) groups excluding carboxylic acids is 1. The Balaban J connectivity index is 1.52. The Labute approximate surface area is 189 Å². The first-order valence-electron chi connectivity index (χ1n) is 10.6. The molecule has 5 rings (SSSR count). The molecule has 0 aliphatic carbocycles. The number of imidazole rings is 1. The van der Waals surface area contributed by atoms with E-state index in [1.165, 1.54) is 0 Å². The van der Waals surface area contributed by atoms with Gasteiger partial charge in [0.15, 0.2) is 6.61 Å². The van der Waals surface area contributed by atoms with E-state index in [-0.39, 0.29) is 18.6 Å². The van der Waals surface area contributed by atoms with Crippen LogP contribution in [0.15, 0.2) is 77.8 Å². The number of hydrogen-bond acceptors (Lipinski definition) is 6. The molecule has 0 aliphatic heterocycles. The van der Waals surface area contributed by atoms with Crippen molar-refractivity contribution in [3.05, 3.63) is 73.4 Å². The number of fused-ring (bicyclic) bond motifs is 2. The lowest BCUT2D eigenvalue weighted by molar-refractivity contribution is -0.123. The molecule has 0 saturated heterocycles. The van der Waals surface area contributed by atoms with E-state index in [4.69, 9.17) is 13.9 Å². The molecular weight excluding hydrogens is 420 g/mol. The molecule has 8 heteroatoms. The maximum Gasteiger partial charge on any atom is 0.258 e. The maximum absolute atomic E-state index is 12.2. The zero-order valence-electron chi connectivity index (χ0n) is 18.2. The first-order chi connectivity index (χ1) is 16.1. The van der Waals surface area contributed by atoms with E-state index in [1.807, 2.05) is 54.8 Å². The second-order valence-corrected chi connectivity index (χ2v) is 7.79. The predicted octanol–water partition coefficient (Wildman–Crippen LogP) is 4.84. The molecule has 4 aromatic heterocycles. The lowest BCUT2D eigenvalue weighted by Gasteiger charge is -2.15. The molecule has 0 radical (unpaired) electrons. The van der Waals surface area contributed by atoms with Crippen LogP contribution >= 0.6 is 0 Å². The molecule has 33 heavy (non-hydrogen) atoms. The normalized spacial score (nSPS) is 11.2. The summed E-state index contributed by atoms with van der Waals surface area (Å²) >= 11 is 0. The van der Waals surface area contributed by atoms with Crippen molar-refractivity contribution in [2.45, 2.75) is 19.9 Å². The summed E-state index contributed by atoms with van der Waals surface area (Å²) in [4.78, 5) is 20.9. The minimum atomic E-state index is -0.201. The number of benzene rings is 1. The number of nitrogens with zero attached hydrogens (tertiary/aromatic N) is 3. The van der Waals surface area contributed by atoms with Crippen LogP contribution < -0.4 is 14.8 Å². The van der Waals surface area contributed by atoms with Crippen LogP contribution in [-0.2, 0) is 4.79 Å². The summed E-state index contributed by atoms with van der Waals surface area (Å²) in [7, 11) is 0. The highest BCUT2D eigenvalue weighted by Gasteiger charge is 2.15. The van der Waals surface area contributed by atoms with Crippen LogP contribution in [0.5, 0.6) is 17.4 Å². The first kappa shape index (κ1) is 20.6. The zero-order chi connectivity index (χ0) is 22.8. The van der Waals surface area contributed by atoms with Crippen LogP contribution in [0.4, 0.5) is 0 Å². The summed E-state index contributed by atoms with van der Waals surface area (Å²) in [5.41, 5.74) is 3.18. The Morgan fingerprint density at radius 1 is 1.12 bits per heavy atom. The maximum atomic E-state index is 12.2. The second-order valence-electron chi connectivity index (χ2n) is 7.79. The number of hydrogen-bond donors (Lipinski definition) is 1. The zero-order valence-corrected chi connectivity index (χ0v) is 18.2. The summed E-state index contributed by atoms with van der Waals surface area (Å²) in [6.07, 6.45) is 6.84. The van der Waals surface area contributed by atoms with Gasteiger partial charge in [-0.15, -0.1) is 0 Å². The monoisotopic (exact) mass is 442 g/mol. The quantitative estimate of drug-likeness (QED) is 0.388. The van der Waals surface area contributed by atoms with Gasteiger partial charge in [0, 0.05) is 36.3 Å². The lowest BCUT2D eigenvalue weighted by Crippen LogP contribution is -2.34. The van der Waals surface area contributed by atoms with Gasteiger partial charge in [-0.1, -0.05) is 6.07 Å². The summed E-state index contributed by atoms with van der Waals surface area (Å²) in [6.45, 7) is 3.69. The van der Waals surface area contributed by atoms with Crippen molar-refractivity contribution in [1.82, 2.24) is 19.7 Å². The van der Waals surface area contributed by atoms with Gasteiger partial charge in [-0.25, -0.2) is 9.97 Å². The van der Waals surface area contributed by atoms with Gasteiger partial charge in [0.05, 0.1) is 17.3 Å². The van der Waals surface area contributed by atoms with Gasteiger partial charge in [-0.2, -0.15) is 0 Å². The van der Waals surface area contributed by atoms with Gasteiger partial charge >= 0.3 is 0 Å². The van der Waals surface area contributed by atoms with E-state index in [1.54, 1.807) is 36.9 Å². The minimum Gasteiger partial charge on any atom is -0.483 e. The molecule has 0 atom stereocenters. The van der Waals surface area contributed by atoms with Crippen LogP contribution in [0.3, 0.4) is 0 Å². The molecule has 1 amide bonds. The van der Waals surface area contributed by atoms with Crippen molar-refractivity contribution in [3.8, 4) is 28.6 Å². The van der Waals surface area contributed by atoms with Gasteiger partial charge in [0.25, 0.3) is 5.91 Å². The summed E-state index contributed by atoms with van der Waals surface area (Å²) in [5, 5.41) is 3.61. The second kappa shape index (κ2) is 8.66. The summed E-state index contributed by atoms with van der Waals surface area (Å²) < 4.78 is 19.4. The molecule has 4 heterocycles. The molecule has 0 spiro atoms. The molecule has 0 saturated carbocycles. The Kier molecular flexibility index (Phi) is 5.40. The Morgan fingerprint density at radius 3 is 2.91 bits per heavy atom. The highest BCUT2D eigenvalue weighted by atomic mass is 16.5. The molecule has 0 fully saturated rings. The van der Waals surface area contributed by atoms with Gasteiger partial charge < -0.3 is 19.2 Å². The molecule has 1 N–H and O–H groups in total. The highest BCUT2D eigenvalue weighted by Crippen LogP contribution is 2.36. The number of ether oxygens (including phenoxy) is 2. The number of pyridine rings is 2. The lowest BCUT2D eigenvalue weighted by atomic mass is 10.1. The van der Waals surface area contributed by atoms with Gasteiger partial charge in [0.1, 0.15) is 22.7 Å². The predicted molar refractivity (Wildman–Crippen MR) is 123 cm³/mol. The average Bonchev–Trinajstić information content (AvgIpc) is 3.47. The summed E-state index contributed by atoms with van der Waals surface area (Å²) in [6, 6.07) is 14.9. The van der Waals surface area contributed by atoms with Crippen LogP contribution in [-0.4, -0.2) is 32.9 Å². The summed E-state index contributed by atoms with van der Waals surface area (Å²) in [5.74, 6) is 1.26.